The summed E-state index contributed by atoms with van der Waals surface area (Å²) in [6.07, 6.45) is 1.83. The van der Waals surface area contributed by atoms with E-state index in [-0.39, 0.29) is 11.8 Å². The van der Waals surface area contributed by atoms with Gasteiger partial charge in [0, 0.05) is 32.2 Å². The Morgan fingerprint density at radius 3 is 2.55 bits per heavy atom. The summed E-state index contributed by atoms with van der Waals surface area (Å²) in [5.41, 5.74) is 6.94. The van der Waals surface area contributed by atoms with E-state index in [1.807, 2.05) is 17.0 Å². The lowest BCUT2D eigenvalue weighted by molar-refractivity contribution is -0.119. The van der Waals surface area contributed by atoms with Gasteiger partial charge in [-0.05, 0) is 30.9 Å². The number of nitrogens with two attached hydrogens (primary N) is 1. The smallest absolute Gasteiger partial charge is 0.255 e. The first-order chi connectivity index (χ1) is 9.58. The van der Waals surface area contributed by atoms with Crippen molar-refractivity contribution in [3.05, 3.63) is 29.8 Å². The van der Waals surface area contributed by atoms with Crippen LogP contribution in [-0.4, -0.2) is 36.3 Å². The van der Waals surface area contributed by atoms with Crippen molar-refractivity contribution in [3.8, 4) is 0 Å². The number of carbonyl (C=O) groups excluding carboxylic acids is 2. The van der Waals surface area contributed by atoms with Crippen molar-refractivity contribution >= 4 is 17.5 Å². The number of piperidine rings is 1. The highest BCUT2D eigenvalue weighted by Gasteiger charge is 2.24. The van der Waals surface area contributed by atoms with Gasteiger partial charge < -0.3 is 16.0 Å². The van der Waals surface area contributed by atoms with E-state index in [0.717, 1.165) is 25.9 Å². The Morgan fingerprint density at radius 1 is 1.30 bits per heavy atom. The Labute approximate surface area is 119 Å². The number of hydrogen-bond acceptors (Lipinski definition) is 3. The Morgan fingerprint density at radius 2 is 1.95 bits per heavy atom. The Kier molecular flexibility index (Phi) is 4.61. The molecule has 0 atom stereocenters. The van der Waals surface area contributed by atoms with Crippen LogP contribution in [0.15, 0.2) is 24.3 Å². The van der Waals surface area contributed by atoms with Gasteiger partial charge in [0.05, 0.1) is 5.56 Å². The maximum atomic E-state index is 12.4. The van der Waals surface area contributed by atoms with Gasteiger partial charge in [0.15, 0.2) is 0 Å². The van der Waals surface area contributed by atoms with Crippen LogP contribution in [0.3, 0.4) is 0 Å². The third-order valence-corrected chi connectivity index (χ3v) is 3.73. The molecule has 2 rings (SSSR count). The van der Waals surface area contributed by atoms with Crippen molar-refractivity contribution < 1.29 is 9.59 Å². The first-order valence-electron chi connectivity index (χ1n) is 6.96. The van der Waals surface area contributed by atoms with Gasteiger partial charge in [-0.15, -0.1) is 0 Å². The Hall–Kier alpha value is -2.04. The fraction of sp³-hybridized carbons (Fsp3) is 0.467. The number of likely N-dealkylation sites (tertiary alicyclic amines) is 1. The van der Waals surface area contributed by atoms with Crippen LogP contribution < -0.4 is 11.1 Å². The van der Waals surface area contributed by atoms with Crippen molar-refractivity contribution in [2.75, 3.05) is 25.4 Å². The molecular weight excluding hydrogens is 254 g/mol. The van der Waals surface area contributed by atoms with Gasteiger partial charge in [0.2, 0.25) is 5.91 Å². The van der Waals surface area contributed by atoms with Gasteiger partial charge in [-0.1, -0.05) is 12.1 Å². The van der Waals surface area contributed by atoms with Crippen LogP contribution in [0.25, 0.3) is 0 Å². The van der Waals surface area contributed by atoms with Crippen LogP contribution in [-0.2, 0) is 4.79 Å². The van der Waals surface area contributed by atoms with Crippen LogP contribution in [0.1, 0.15) is 30.1 Å². The maximum absolute atomic E-state index is 12.4. The largest absolute Gasteiger partial charge is 0.398 e. The summed E-state index contributed by atoms with van der Waals surface area (Å²) < 4.78 is 0. The first-order valence-corrected chi connectivity index (χ1v) is 6.96. The molecule has 5 heteroatoms. The van der Waals surface area contributed by atoms with Crippen molar-refractivity contribution in [2.24, 2.45) is 5.92 Å². The van der Waals surface area contributed by atoms with E-state index in [1.54, 1.807) is 12.1 Å². The lowest BCUT2D eigenvalue weighted by Crippen LogP contribution is -2.41. The summed E-state index contributed by atoms with van der Waals surface area (Å²) in [5, 5.41) is 2.84. The van der Waals surface area contributed by atoms with E-state index in [4.69, 9.17) is 5.73 Å². The third kappa shape index (κ3) is 3.50. The zero-order valence-electron chi connectivity index (χ0n) is 11.8. The molecule has 0 bridgehead atoms. The molecule has 1 heterocycles. The lowest BCUT2D eigenvalue weighted by atomic mass is 9.96. The van der Waals surface area contributed by atoms with Gasteiger partial charge in [-0.3, -0.25) is 9.59 Å². The summed E-state index contributed by atoms with van der Waals surface area (Å²) in [6.45, 7) is 3.66. The molecule has 0 unspecified atom stereocenters. The first kappa shape index (κ1) is 14.4. The summed E-state index contributed by atoms with van der Waals surface area (Å²) in [6, 6.07) is 7.16. The fourth-order valence-electron chi connectivity index (χ4n) is 2.49. The molecule has 5 nitrogen and oxygen atoms in total. The number of hydrogen-bond donors (Lipinski definition) is 2. The lowest BCUT2D eigenvalue weighted by Gasteiger charge is -2.32. The summed E-state index contributed by atoms with van der Waals surface area (Å²) in [4.78, 5) is 25.1. The highest BCUT2D eigenvalue weighted by atomic mass is 16.2. The molecule has 0 aliphatic carbocycles. The van der Waals surface area contributed by atoms with Gasteiger partial charge in [-0.2, -0.15) is 0 Å². The number of nitrogens with one attached hydrogen (secondary N) is 1. The molecule has 0 aromatic heterocycles. The van der Waals surface area contributed by atoms with E-state index < -0.39 is 0 Å². The highest BCUT2D eigenvalue weighted by Crippen LogP contribution is 2.20. The molecule has 1 aromatic carbocycles. The minimum atomic E-state index is 0.000523. The predicted molar refractivity (Wildman–Crippen MR) is 78.2 cm³/mol. The van der Waals surface area contributed by atoms with Gasteiger partial charge in [0.25, 0.3) is 5.91 Å². The number of nitrogen functional groups attached to an aromatic ring is 1. The highest BCUT2D eigenvalue weighted by molar-refractivity contribution is 5.99. The predicted octanol–water partition coefficient (Wildman–Crippen LogP) is 1.26. The molecule has 0 radical (unpaired) electrons. The number of amides is 2. The van der Waals surface area contributed by atoms with Crippen molar-refractivity contribution in [3.63, 3.8) is 0 Å². The molecule has 1 aromatic rings. The number of carbonyl (C=O) groups is 2. The van der Waals surface area contributed by atoms with Crippen molar-refractivity contribution in [2.45, 2.75) is 19.8 Å². The molecule has 1 aliphatic heterocycles. The molecular formula is C15H21N3O2. The average Bonchev–Trinajstić information content (AvgIpc) is 2.45. The zero-order chi connectivity index (χ0) is 14.5. The molecule has 2 amide bonds. The summed E-state index contributed by atoms with van der Waals surface area (Å²) in [7, 11) is 0. The van der Waals surface area contributed by atoms with E-state index in [9.17, 15) is 9.59 Å². The second kappa shape index (κ2) is 6.41. The SMILES string of the molecule is CC(=O)NCC1CCN(C(=O)c2ccccc2N)CC1. The van der Waals surface area contributed by atoms with Gasteiger partial charge in [0.1, 0.15) is 0 Å². The number of benzene rings is 1. The van der Waals surface area contributed by atoms with E-state index in [0.29, 0.717) is 23.7 Å². The monoisotopic (exact) mass is 275 g/mol. The second-order valence-electron chi connectivity index (χ2n) is 5.26. The number of para-hydroxylation sites is 1. The van der Waals surface area contributed by atoms with Gasteiger partial charge in [-0.25, -0.2) is 0 Å². The molecule has 0 saturated carbocycles. The zero-order valence-corrected chi connectivity index (χ0v) is 11.8. The van der Waals surface area contributed by atoms with Gasteiger partial charge >= 0.3 is 0 Å². The van der Waals surface area contributed by atoms with Crippen LogP contribution in [0.2, 0.25) is 0 Å². The molecule has 108 valence electrons. The minimum Gasteiger partial charge on any atom is -0.398 e. The van der Waals surface area contributed by atoms with Crippen LogP contribution in [0.4, 0.5) is 5.69 Å². The second-order valence-corrected chi connectivity index (χ2v) is 5.26. The Bertz CT molecular complexity index is 494. The van der Waals surface area contributed by atoms with Crippen LogP contribution >= 0.6 is 0 Å². The quantitative estimate of drug-likeness (QED) is 0.815. The van der Waals surface area contributed by atoms with Crippen molar-refractivity contribution in [1.29, 1.82) is 0 Å². The topological polar surface area (TPSA) is 75.4 Å². The molecule has 20 heavy (non-hydrogen) atoms. The van der Waals surface area contributed by atoms with Crippen molar-refractivity contribution in [1.82, 2.24) is 10.2 Å². The summed E-state index contributed by atoms with van der Waals surface area (Å²) in [5.74, 6) is 0.456. The van der Waals surface area contributed by atoms with E-state index in [1.165, 1.54) is 6.92 Å². The molecule has 0 spiro atoms. The third-order valence-electron chi connectivity index (χ3n) is 3.73. The normalized spacial score (nSPS) is 15.9. The Balaban J connectivity index is 1.89. The average molecular weight is 275 g/mol. The minimum absolute atomic E-state index is 0.000523. The summed E-state index contributed by atoms with van der Waals surface area (Å²) >= 11 is 0. The maximum Gasteiger partial charge on any atom is 0.255 e. The number of rotatable bonds is 3. The van der Waals surface area contributed by atoms with E-state index in [2.05, 4.69) is 5.32 Å². The standard InChI is InChI=1S/C15H21N3O2/c1-11(19)17-10-12-6-8-18(9-7-12)15(20)13-4-2-3-5-14(13)16/h2-5,12H,6-10,16H2,1H3,(H,17,19). The molecule has 1 saturated heterocycles. The fourth-order valence-corrected chi connectivity index (χ4v) is 2.49. The molecule has 1 aliphatic rings. The molecule has 3 N–H and O–H groups in total. The number of anilines is 1. The van der Waals surface area contributed by atoms with Crippen LogP contribution in [0, 0.1) is 5.92 Å². The number of nitrogens with zero attached hydrogens (tertiary/aromatic N) is 1. The van der Waals surface area contributed by atoms with Crippen LogP contribution in [0.5, 0.6) is 0 Å². The molecule has 1 fully saturated rings. The van der Waals surface area contributed by atoms with E-state index >= 15 is 0 Å².